The Bertz CT molecular complexity index is 505. The van der Waals surface area contributed by atoms with Crippen LogP contribution in [0.3, 0.4) is 0 Å². The lowest BCUT2D eigenvalue weighted by molar-refractivity contribution is -0.142. The molecule has 0 saturated carbocycles. The zero-order valence-electron chi connectivity index (χ0n) is 11.5. The van der Waals surface area contributed by atoms with Gasteiger partial charge in [0.1, 0.15) is 0 Å². The number of carboxylic acids is 1. The molecule has 2 aliphatic rings. The number of carboxylic acid groups (broad SMARTS) is 1. The van der Waals surface area contributed by atoms with Crippen LogP contribution in [0, 0.1) is 5.92 Å². The number of nitrogens with zero attached hydrogens (tertiary/aromatic N) is 3. The van der Waals surface area contributed by atoms with Gasteiger partial charge >= 0.3 is 5.97 Å². The molecule has 2 aliphatic heterocycles. The normalized spacial score (nSPS) is 30.1. The van der Waals surface area contributed by atoms with Crippen LogP contribution >= 0.6 is 0 Å². The van der Waals surface area contributed by atoms with Gasteiger partial charge in [0.05, 0.1) is 5.92 Å². The van der Waals surface area contributed by atoms with Crippen molar-refractivity contribution in [1.29, 1.82) is 0 Å². The van der Waals surface area contributed by atoms with E-state index < -0.39 is 5.97 Å². The van der Waals surface area contributed by atoms with Crippen molar-refractivity contribution in [3.63, 3.8) is 0 Å². The third-order valence-electron chi connectivity index (χ3n) is 4.14. The van der Waals surface area contributed by atoms with Gasteiger partial charge in [0.15, 0.2) is 0 Å². The van der Waals surface area contributed by atoms with Crippen LogP contribution in [0.25, 0.3) is 0 Å². The minimum Gasteiger partial charge on any atom is -0.481 e. The molecule has 19 heavy (non-hydrogen) atoms. The molecule has 0 spiro atoms. The Hall–Kier alpha value is -1.59. The number of hydrogen-bond donors (Lipinski definition) is 1. The smallest absolute Gasteiger partial charge is 0.308 e. The van der Waals surface area contributed by atoms with E-state index >= 15 is 0 Å². The summed E-state index contributed by atoms with van der Waals surface area (Å²) < 4.78 is 5.31. The van der Waals surface area contributed by atoms with Gasteiger partial charge in [0.25, 0.3) is 5.95 Å². The Kier molecular flexibility index (Phi) is 2.59. The molecule has 2 bridgehead atoms. The highest BCUT2D eigenvalue weighted by Gasteiger charge is 2.51. The molecule has 0 radical (unpaired) electrons. The van der Waals surface area contributed by atoms with Crippen LogP contribution in [-0.4, -0.2) is 33.3 Å². The molecule has 6 heteroatoms. The largest absolute Gasteiger partial charge is 0.481 e. The molecule has 3 heterocycles. The summed E-state index contributed by atoms with van der Waals surface area (Å²) in [5.41, 5.74) is -0.184. The van der Waals surface area contributed by atoms with E-state index in [0.717, 1.165) is 12.8 Å². The number of rotatable bonds is 2. The molecule has 1 aromatic rings. The van der Waals surface area contributed by atoms with Crippen molar-refractivity contribution in [1.82, 2.24) is 10.1 Å². The van der Waals surface area contributed by atoms with Crippen LogP contribution in [0.1, 0.15) is 45.9 Å². The third-order valence-corrected chi connectivity index (χ3v) is 4.14. The molecular formula is C13H19N3O3. The molecule has 0 aromatic carbocycles. The SMILES string of the molecule is CC(C)(C)c1nc(N2C3CCC2C(C(=O)O)C3)no1. The minimum absolute atomic E-state index is 0.0212. The molecule has 2 saturated heterocycles. The van der Waals surface area contributed by atoms with Gasteiger partial charge in [-0.25, -0.2) is 0 Å². The molecule has 104 valence electrons. The predicted octanol–water partition coefficient (Wildman–Crippen LogP) is 1.81. The van der Waals surface area contributed by atoms with Gasteiger partial charge < -0.3 is 14.5 Å². The van der Waals surface area contributed by atoms with Gasteiger partial charge in [-0.05, 0) is 24.4 Å². The lowest BCUT2D eigenvalue weighted by Gasteiger charge is -2.20. The van der Waals surface area contributed by atoms with Crippen molar-refractivity contribution in [2.75, 3.05) is 4.90 Å². The topological polar surface area (TPSA) is 79.5 Å². The highest BCUT2D eigenvalue weighted by Crippen LogP contribution is 2.43. The molecule has 3 atom stereocenters. The second kappa shape index (κ2) is 3.95. The zero-order valence-corrected chi connectivity index (χ0v) is 11.5. The molecule has 3 unspecified atom stereocenters. The Morgan fingerprint density at radius 2 is 2.16 bits per heavy atom. The van der Waals surface area contributed by atoms with Gasteiger partial charge in [0, 0.05) is 17.5 Å². The molecule has 6 nitrogen and oxygen atoms in total. The molecule has 0 aliphatic carbocycles. The van der Waals surface area contributed by atoms with Gasteiger partial charge in [0.2, 0.25) is 5.89 Å². The molecule has 1 aromatic heterocycles. The fraction of sp³-hybridized carbons (Fsp3) is 0.769. The monoisotopic (exact) mass is 265 g/mol. The second-order valence-corrected chi connectivity index (χ2v) is 6.54. The number of carbonyl (C=O) groups is 1. The summed E-state index contributed by atoms with van der Waals surface area (Å²) in [4.78, 5) is 17.7. The Morgan fingerprint density at radius 3 is 2.68 bits per heavy atom. The lowest BCUT2D eigenvalue weighted by Crippen LogP contribution is -2.33. The number of hydrogen-bond acceptors (Lipinski definition) is 5. The van der Waals surface area contributed by atoms with E-state index in [-0.39, 0.29) is 23.4 Å². The summed E-state index contributed by atoms with van der Waals surface area (Å²) in [5, 5.41) is 13.3. The van der Waals surface area contributed by atoms with Crippen molar-refractivity contribution in [3.05, 3.63) is 5.89 Å². The van der Waals surface area contributed by atoms with Crippen LogP contribution in [0.15, 0.2) is 4.52 Å². The van der Waals surface area contributed by atoms with Crippen LogP contribution in [0.4, 0.5) is 5.95 Å². The van der Waals surface area contributed by atoms with Crippen molar-refractivity contribution >= 4 is 11.9 Å². The lowest BCUT2D eigenvalue weighted by atomic mass is 9.89. The second-order valence-electron chi connectivity index (χ2n) is 6.54. The van der Waals surface area contributed by atoms with Crippen LogP contribution in [0.5, 0.6) is 0 Å². The number of fused-ring (bicyclic) bond motifs is 2. The Labute approximate surface area is 111 Å². The van der Waals surface area contributed by atoms with Gasteiger partial charge in [-0.1, -0.05) is 20.8 Å². The first-order chi connectivity index (χ1) is 8.88. The summed E-state index contributed by atoms with van der Waals surface area (Å²) >= 11 is 0. The quantitative estimate of drug-likeness (QED) is 0.878. The third kappa shape index (κ3) is 1.89. The summed E-state index contributed by atoms with van der Waals surface area (Å²) in [6.07, 6.45) is 2.62. The summed E-state index contributed by atoms with van der Waals surface area (Å²) in [6.45, 7) is 6.05. The van der Waals surface area contributed by atoms with E-state index in [2.05, 4.69) is 15.0 Å². The van der Waals surface area contributed by atoms with Crippen molar-refractivity contribution in [3.8, 4) is 0 Å². The van der Waals surface area contributed by atoms with E-state index in [4.69, 9.17) is 4.52 Å². The first kappa shape index (κ1) is 12.4. The van der Waals surface area contributed by atoms with Gasteiger partial charge in [-0.2, -0.15) is 4.98 Å². The van der Waals surface area contributed by atoms with Crippen molar-refractivity contribution in [2.45, 2.75) is 57.5 Å². The standard InChI is InChI=1S/C13H19N3O3/c1-13(2,3)11-14-12(15-19-11)16-7-4-5-9(16)8(6-7)10(17)18/h7-9H,4-6H2,1-3H3,(H,17,18). The number of anilines is 1. The Morgan fingerprint density at radius 1 is 1.42 bits per heavy atom. The van der Waals surface area contributed by atoms with Crippen molar-refractivity contribution < 1.29 is 14.4 Å². The van der Waals surface area contributed by atoms with Gasteiger partial charge in [-0.15, -0.1) is 0 Å². The van der Waals surface area contributed by atoms with Crippen LogP contribution in [0.2, 0.25) is 0 Å². The summed E-state index contributed by atoms with van der Waals surface area (Å²) in [6, 6.07) is 0.268. The average molecular weight is 265 g/mol. The van der Waals surface area contributed by atoms with E-state index in [1.54, 1.807) is 0 Å². The minimum atomic E-state index is -0.711. The predicted molar refractivity (Wildman–Crippen MR) is 68.0 cm³/mol. The average Bonchev–Trinajstić information content (AvgIpc) is 2.99. The number of aliphatic carboxylic acids is 1. The van der Waals surface area contributed by atoms with E-state index in [0.29, 0.717) is 18.3 Å². The maximum atomic E-state index is 11.2. The maximum absolute atomic E-state index is 11.2. The molecule has 3 rings (SSSR count). The number of aromatic nitrogens is 2. The first-order valence-corrected chi connectivity index (χ1v) is 6.73. The molecule has 0 amide bonds. The van der Waals surface area contributed by atoms with Crippen LogP contribution in [-0.2, 0) is 10.2 Å². The Balaban J connectivity index is 1.88. The fourth-order valence-electron chi connectivity index (χ4n) is 3.19. The maximum Gasteiger partial charge on any atom is 0.308 e. The van der Waals surface area contributed by atoms with E-state index in [1.807, 2.05) is 20.8 Å². The fourth-order valence-corrected chi connectivity index (χ4v) is 3.19. The van der Waals surface area contributed by atoms with Crippen LogP contribution < -0.4 is 4.90 Å². The first-order valence-electron chi connectivity index (χ1n) is 6.73. The van der Waals surface area contributed by atoms with E-state index in [9.17, 15) is 9.90 Å². The zero-order chi connectivity index (χ0) is 13.8. The molecular weight excluding hydrogens is 246 g/mol. The highest BCUT2D eigenvalue weighted by molar-refractivity contribution is 5.73. The summed E-state index contributed by atoms with van der Waals surface area (Å²) in [7, 11) is 0. The molecule has 2 fully saturated rings. The van der Waals surface area contributed by atoms with Gasteiger partial charge in [-0.3, -0.25) is 4.79 Å². The summed E-state index contributed by atoms with van der Waals surface area (Å²) in [5.74, 6) is 0.147. The highest BCUT2D eigenvalue weighted by atomic mass is 16.5. The van der Waals surface area contributed by atoms with E-state index in [1.165, 1.54) is 0 Å². The molecule has 1 N–H and O–H groups in total. The van der Waals surface area contributed by atoms with Crippen molar-refractivity contribution in [2.24, 2.45) is 5.92 Å².